The molecule has 54 heavy (non-hydrogen) atoms. The Morgan fingerprint density at radius 1 is 0.556 bits per heavy atom. The number of fused-ring (bicyclic) bond motifs is 2. The van der Waals surface area contributed by atoms with Gasteiger partial charge in [0.05, 0.1) is 28.1 Å². The highest BCUT2D eigenvalue weighted by atomic mass is 15.2. The zero-order chi connectivity index (χ0) is 35.9. The van der Waals surface area contributed by atoms with Crippen LogP contribution in [0.25, 0.3) is 72.5 Å². The molecule has 2 aliphatic heterocycles. The Morgan fingerprint density at radius 2 is 1.24 bits per heavy atom. The van der Waals surface area contributed by atoms with Gasteiger partial charge in [-0.1, -0.05) is 130 Å². The van der Waals surface area contributed by atoms with Gasteiger partial charge in [-0.2, -0.15) is 0 Å². The van der Waals surface area contributed by atoms with Crippen molar-refractivity contribution < 1.29 is 0 Å². The third-order valence-electron chi connectivity index (χ3n) is 12.4. The van der Waals surface area contributed by atoms with Crippen molar-refractivity contribution in [1.82, 2.24) is 19.5 Å². The summed E-state index contributed by atoms with van der Waals surface area (Å²) in [4.78, 5) is 17.6. The fraction of sp³-hybridized carbons (Fsp3) is 0.122. The molecular formula is C49H35N5. The number of para-hydroxylation sites is 2. The van der Waals surface area contributed by atoms with E-state index in [1.807, 2.05) is 18.2 Å². The molecule has 0 bridgehead atoms. The molecule has 4 aliphatic rings. The van der Waals surface area contributed by atoms with E-state index in [0.29, 0.717) is 11.6 Å². The maximum atomic E-state index is 5.11. The lowest BCUT2D eigenvalue weighted by atomic mass is 9.81. The zero-order valence-corrected chi connectivity index (χ0v) is 30.2. The number of hydrogen-bond acceptors (Lipinski definition) is 4. The molecule has 0 amide bonds. The van der Waals surface area contributed by atoms with E-state index in [0.717, 1.165) is 22.6 Å². The van der Waals surface area contributed by atoms with Crippen LogP contribution in [0.15, 0.2) is 146 Å². The molecule has 0 spiro atoms. The molecule has 0 fully saturated rings. The molecule has 5 heteroatoms. The van der Waals surface area contributed by atoms with Crippen molar-refractivity contribution in [2.75, 3.05) is 4.90 Å². The van der Waals surface area contributed by atoms with E-state index in [1.165, 1.54) is 72.2 Å². The second kappa shape index (κ2) is 10.5. The standard InChI is InChI=1S/C49H35N5/c1-28-12-7-8-15-32(28)48-51-46(29-13-5-4-6-14-29)50-47(52-48)30-22-24-31(25-23-30)53-39-20-10-17-34-33-16-9-19-37-41(33)42-38(49(37,2)3)27-26-36-35-18-11-21-40(53)44(35)54(43(34)39)45(36)42/h4-28,32H,1-3H3. The van der Waals surface area contributed by atoms with Crippen LogP contribution in [0.3, 0.4) is 0 Å². The monoisotopic (exact) mass is 693 g/mol. The Balaban J connectivity index is 1.06. The maximum absolute atomic E-state index is 5.11. The molecule has 0 radical (unpaired) electrons. The van der Waals surface area contributed by atoms with Crippen LogP contribution in [0, 0.1) is 5.92 Å². The minimum Gasteiger partial charge on any atom is -0.306 e. The number of aromatic nitrogens is 4. The van der Waals surface area contributed by atoms with Crippen molar-refractivity contribution in [2.24, 2.45) is 5.92 Å². The molecule has 12 rings (SSSR count). The molecule has 8 aromatic rings. The molecule has 4 heterocycles. The first-order valence-electron chi connectivity index (χ1n) is 18.9. The summed E-state index contributed by atoms with van der Waals surface area (Å²) in [6.07, 6.45) is 8.62. The predicted octanol–water partition coefficient (Wildman–Crippen LogP) is 12.2. The van der Waals surface area contributed by atoms with Gasteiger partial charge in [0, 0.05) is 50.0 Å². The highest BCUT2D eigenvalue weighted by Crippen LogP contribution is 2.61. The minimum absolute atomic E-state index is 0.0739. The highest BCUT2D eigenvalue weighted by molar-refractivity contribution is 6.23. The fourth-order valence-electron chi connectivity index (χ4n) is 9.78. The van der Waals surface area contributed by atoms with Gasteiger partial charge in [0.1, 0.15) is 5.82 Å². The number of benzene rings is 6. The number of nitrogens with zero attached hydrogens (tertiary/aromatic N) is 5. The van der Waals surface area contributed by atoms with Crippen LogP contribution >= 0.6 is 0 Å². The molecule has 256 valence electrons. The Hall–Kier alpha value is -6.59. The van der Waals surface area contributed by atoms with Gasteiger partial charge in [-0.15, -0.1) is 0 Å². The van der Waals surface area contributed by atoms with Gasteiger partial charge >= 0.3 is 0 Å². The number of hydrogen-bond donors (Lipinski definition) is 0. The van der Waals surface area contributed by atoms with E-state index in [1.54, 1.807) is 0 Å². The van der Waals surface area contributed by atoms with E-state index in [9.17, 15) is 0 Å². The molecular weight excluding hydrogens is 659 g/mol. The minimum atomic E-state index is -0.0739. The summed E-state index contributed by atoms with van der Waals surface area (Å²) < 4.78 is 2.59. The second-order valence-corrected chi connectivity index (χ2v) is 15.7. The van der Waals surface area contributed by atoms with Crippen LogP contribution in [0.4, 0.5) is 17.1 Å². The van der Waals surface area contributed by atoms with Crippen LogP contribution in [0.5, 0.6) is 0 Å². The molecule has 0 N–H and O–H groups in total. The average Bonchev–Trinajstić information content (AvgIpc) is 3.62. The first-order valence-corrected chi connectivity index (χ1v) is 18.9. The molecule has 0 saturated carbocycles. The molecule has 2 aliphatic carbocycles. The third-order valence-corrected chi connectivity index (χ3v) is 12.4. The Morgan fingerprint density at radius 3 is 2.06 bits per heavy atom. The summed E-state index contributed by atoms with van der Waals surface area (Å²) in [5, 5.41) is 2.59. The maximum Gasteiger partial charge on any atom is 0.163 e. The predicted molar refractivity (Wildman–Crippen MR) is 220 cm³/mol. The molecule has 5 nitrogen and oxygen atoms in total. The summed E-state index contributed by atoms with van der Waals surface area (Å²) in [7, 11) is 0. The van der Waals surface area contributed by atoms with E-state index in [4.69, 9.17) is 15.0 Å². The van der Waals surface area contributed by atoms with Crippen molar-refractivity contribution >= 4 is 38.9 Å². The lowest BCUT2D eigenvalue weighted by Crippen LogP contribution is -2.19. The van der Waals surface area contributed by atoms with Gasteiger partial charge in [0.15, 0.2) is 11.6 Å². The van der Waals surface area contributed by atoms with Crippen LogP contribution in [-0.4, -0.2) is 19.5 Å². The van der Waals surface area contributed by atoms with Gasteiger partial charge in [-0.3, -0.25) is 0 Å². The van der Waals surface area contributed by atoms with Gasteiger partial charge in [0.2, 0.25) is 0 Å². The largest absolute Gasteiger partial charge is 0.306 e. The lowest BCUT2D eigenvalue weighted by Gasteiger charge is -2.34. The Bertz CT molecular complexity index is 2980. The highest BCUT2D eigenvalue weighted by Gasteiger charge is 2.42. The fourth-order valence-corrected chi connectivity index (χ4v) is 9.78. The molecule has 2 aromatic heterocycles. The van der Waals surface area contributed by atoms with Crippen molar-refractivity contribution in [3.05, 3.63) is 163 Å². The van der Waals surface area contributed by atoms with Gasteiger partial charge < -0.3 is 9.47 Å². The van der Waals surface area contributed by atoms with Gasteiger partial charge in [-0.05, 0) is 64.6 Å². The summed E-state index contributed by atoms with van der Waals surface area (Å²) in [5.74, 6) is 2.54. The van der Waals surface area contributed by atoms with Crippen molar-refractivity contribution in [2.45, 2.75) is 32.1 Å². The summed E-state index contributed by atoms with van der Waals surface area (Å²) in [5.41, 5.74) is 17.3. The van der Waals surface area contributed by atoms with E-state index >= 15 is 0 Å². The number of rotatable bonds is 4. The van der Waals surface area contributed by atoms with E-state index in [-0.39, 0.29) is 17.3 Å². The van der Waals surface area contributed by atoms with Crippen LogP contribution in [0.2, 0.25) is 0 Å². The molecule has 0 saturated heterocycles. The van der Waals surface area contributed by atoms with Crippen molar-refractivity contribution in [3.63, 3.8) is 0 Å². The molecule has 6 aromatic carbocycles. The lowest BCUT2D eigenvalue weighted by molar-refractivity contribution is 0.600. The number of allylic oxidation sites excluding steroid dienone is 4. The quantitative estimate of drug-likeness (QED) is 0.184. The number of anilines is 3. The normalized spacial score (nSPS) is 17.9. The SMILES string of the molecule is CC1C=CC=CC1c1nc(-c2ccccc2)nc(-c2ccc(N3c4cccc5c4-n4c6c3cccc6c3ccc6c(c34)-c3c-5cccc3C6(C)C)cc2)n1. The van der Waals surface area contributed by atoms with E-state index in [2.05, 4.69) is 158 Å². The molecule has 2 atom stereocenters. The topological polar surface area (TPSA) is 46.8 Å². The first-order chi connectivity index (χ1) is 26.5. The van der Waals surface area contributed by atoms with Crippen molar-refractivity contribution in [3.8, 4) is 50.7 Å². The second-order valence-electron chi connectivity index (χ2n) is 15.7. The third kappa shape index (κ3) is 3.81. The first kappa shape index (κ1) is 29.9. The van der Waals surface area contributed by atoms with Gasteiger partial charge in [0.25, 0.3) is 0 Å². The summed E-state index contributed by atoms with van der Waals surface area (Å²) in [6, 6.07) is 44.3. The van der Waals surface area contributed by atoms with Crippen LogP contribution in [0.1, 0.15) is 43.6 Å². The summed E-state index contributed by atoms with van der Waals surface area (Å²) in [6.45, 7) is 6.98. The van der Waals surface area contributed by atoms with Gasteiger partial charge in [-0.25, -0.2) is 15.0 Å². The Labute approximate surface area is 313 Å². The van der Waals surface area contributed by atoms with E-state index < -0.39 is 0 Å². The van der Waals surface area contributed by atoms with Crippen LogP contribution in [-0.2, 0) is 5.41 Å². The van der Waals surface area contributed by atoms with Crippen LogP contribution < -0.4 is 4.90 Å². The summed E-state index contributed by atoms with van der Waals surface area (Å²) >= 11 is 0. The smallest absolute Gasteiger partial charge is 0.163 e. The average molecular weight is 694 g/mol. The zero-order valence-electron chi connectivity index (χ0n) is 30.2. The van der Waals surface area contributed by atoms with Crippen molar-refractivity contribution in [1.29, 1.82) is 0 Å². The Kier molecular flexibility index (Phi) is 5.83. The molecule has 2 unspecified atom stereocenters.